The Morgan fingerprint density at radius 2 is 1.47 bits per heavy atom. The van der Waals surface area contributed by atoms with E-state index in [2.05, 4.69) is 5.09 Å². The van der Waals surface area contributed by atoms with E-state index < -0.39 is 24.7 Å². The summed E-state index contributed by atoms with van der Waals surface area (Å²) < 4.78 is 29.8. The number of hydrogen-bond acceptors (Lipinski definition) is 7. The van der Waals surface area contributed by atoms with Crippen LogP contribution in [0.15, 0.2) is 84.9 Å². The van der Waals surface area contributed by atoms with Crippen LogP contribution in [0.5, 0.6) is 11.5 Å². The minimum atomic E-state index is -4.13. The van der Waals surface area contributed by atoms with Crippen LogP contribution in [0.25, 0.3) is 0 Å². The number of nitro groups is 1. The summed E-state index contributed by atoms with van der Waals surface area (Å²) in [6, 6.07) is 21.4. The number of carbonyl (C=O) groups excluding carboxylic acids is 1. The number of nitro benzene ring substituents is 1. The quantitative estimate of drug-likeness (QED) is 0.199. The molecule has 0 heterocycles. The van der Waals surface area contributed by atoms with Gasteiger partial charge in [-0.1, -0.05) is 48.5 Å². The van der Waals surface area contributed by atoms with Crippen molar-refractivity contribution in [2.75, 3.05) is 0 Å². The van der Waals surface area contributed by atoms with Gasteiger partial charge in [-0.25, -0.2) is 4.57 Å². The van der Waals surface area contributed by atoms with Crippen LogP contribution in [-0.4, -0.2) is 16.9 Å². The van der Waals surface area contributed by atoms with Gasteiger partial charge >= 0.3 is 13.7 Å². The molecule has 0 radical (unpaired) electrons. The van der Waals surface area contributed by atoms with Crippen molar-refractivity contribution in [3.05, 3.63) is 101 Å². The Morgan fingerprint density at radius 3 is 2.03 bits per heavy atom. The van der Waals surface area contributed by atoms with Gasteiger partial charge in [0.05, 0.1) is 4.92 Å². The highest BCUT2D eigenvalue weighted by molar-refractivity contribution is 7.52. The Bertz CT molecular complexity index is 1090. The number of carbonyl (C=O) groups is 1. The monoisotopic (exact) mass is 456 g/mol. The van der Waals surface area contributed by atoms with E-state index in [1.165, 1.54) is 31.2 Å². The molecule has 0 amide bonds. The van der Waals surface area contributed by atoms with E-state index in [1.807, 2.05) is 30.3 Å². The molecule has 3 aromatic rings. The Morgan fingerprint density at radius 1 is 0.938 bits per heavy atom. The van der Waals surface area contributed by atoms with Crippen molar-refractivity contribution in [3.63, 3.8) is 0 Å². The van der Waals surface area contributed by atoms with Gasteiger partial charge in [-0.2, -0.15) is 5.09 Å². The fraction of sp³-hybridized carbons (Fsp3) is 0.136. The Hall–Kier alpha value is -3.68. The smallest absolute Gasteiger partial charge is 0.460 e. The molecule has 2 atom stereocenters. The van der Waals surface area contributed by atoms with E-state index in [0.717, 1.165) is 5.56 Å². The normalized spacial score (nSPS) is 13.4. The summed E-state index contributed by atoms with van der Waals surface area (Å²) in [5, 5.41) is 13.4. The van der Waals surface area contributed by atoms with Crippen LogP contribution in [0.4, 0.5) is 5.69 Å². The van der Waals surface area contributed by atoms with Crippen LogP contribution < -0.4 is 14.1 Å². The van der Waals surface area contributed by atoms with Crippen molar-refractivity contribution in [3.8, 4) is 11.5 Å². The lowest BCUT2D eigenvalue weighted by Gasteiger charge is -2.23. The third-order valence-corrected chi connectivity index (χ3v) is 5.78. The number of para-hydroxylation sites is 1. The molecular formula is C22H21N2O7P. The van der Waals surface area contributed by atoms with E-state index in [-0.39, 0.29) is 23.8 Å². The van der Waals surface area contributed by atoms with Gasteiger partial charge in [-0.05, 0) is 36.8 Å². The number of nitrogens with zero attached hydrogens (tertiary/aromatic N) is 1. The maximum atomic E-state index is 13.5. The summed E-state index contributed by atoms with van der Waals surface area (Å²) >= 11 is 0. The molecule has 0 saturated heterocycles. The molecule has 0 bridgehead atoms. The predicted octanol–water partition coefficient (Wildman–Crippen LogP) is 4.88. The van der Waals surface area contributed by atoms with Crippen molar-refractivity contribution < 1.29 is 28.1 Å². The number of esters is 1. The second kappa shape index (κ2) is 10.6. The van der Waals surface area contributed by atoms with Crippen molar-refractivity contribution in [1.29, 1.82) is 0 Å². The molecule has 0 aliphatic rings. The standard InChI is InChI=1S/C22H21N2O7P/c1-17(22(25)29-16-18-8-4-2-5-9-18)23-32(28,30-20-10-6-3-7-11-20)31-21-14-12-19(13-15-21)24(26)27/h2-15,17H,16H2,1H3,(H,23,28). The van der Waals surface area contributed by atoms with Gasteiger partial charge < -0.3 is 13.8 Å². The summed E-state index contributed by atoms with van der Waals surface area (Å²) in [7, 11) is -4.13. The minimum Gasteiger partial charge on any atom is -0.460 e. The lowest BCUT2D eigenvalue weighted by Crippen LogP contribution is -2.35. The fourth-order valence-electron chi connectivity index (χ4n) is 2.60. The second-order valence-electron chi connectivity index (χ2n) is 6.69. The number of benzene rings is 3. The maximum absolute atomic E-state index is 13.5. The van der Waals surface area contributed by atoms with Crippen LogP contribution in [0, 0.1) is 10.1 Å². The van der Waals surface area contributed by atoms with Gasteiger partial charge in [-0.15, -0.1) is 0 Å². The first kappa shape index (κ1) is 23.0. The maximum Gasteiger partial charge on any atom is 0.513 e. The highest BCUT2D eigenvalue weighted by Crippen LogP contribution is 2.45. The number of nitrogens with one attached hydrogen (secondary N) is 1. The summed E-state index contributed by atoms with van der Waals surface area (Å²) in [4.78, 5) is 22.7. The van der Waals surface area contributed by atoms with Gasteiger partial charge in [0.1, 0.15) is 24.1 Å². The Balaban J connectivity index is 1.73. The zero-order valence-electron chi connectivity index (χ0n) is 17.1. The molecule has 0 spiro atoms. The largest absolute Gasteiger partial charge is 0.513 e. The summed E-state index contributed by atoms with van der Waals surface area (Å²) in [5.74, 6) is -0.347. The molecule has 0 aliphatic carbocycles. The van der Waals surface area contributed by atoms with E-state index >= 15 is 0 Å². The molecule has 32 heavy (non-hydrogen) atoms. The van der Waals surface area contributed by atoms with Gasteiger partial charge in [0.2, 0.25) is 0 Å². The van der Waals surface area contributed by atoms with Gasteiger partial charge in [-0.3, -0.25) is 14.9 Å². The molecule has 166 valence electrons. The molecule has 0 aliphatic heterocycles. The first-order valence-electron chi connectivity index (χ1n) is 9.62. The lowest BCUT2D eigenvalue weighted by atomic mass is 10.2. The molecule has 2 unspecified atom stereocenters. The summed E-state index contributed by atoms with van der Waals surface area (Å²) in [6.07, 6.45) is 0. The third kappa shape index (κ3) is 6.66. The zero-order chi connectivity index (χ0) is 23.0. The molecule has 0 aromatic heterocycles. The molecule has 1 N–H and O–H groups in total. The van der Waals surface area contributed by atoms with Crippen LogP contribution >= 0.6 is 7.75 Å². The van der Waals surface area contributed by atoms with E-state index in [0.29, 0.717) is 0 Å². The van der Waals surface area contributed by atoms with Crippen LogP contribution in [0.3, 0.4) is 0 Å². The van der Waals surface area contributed by atoms with Crippen LogP contribution in [0.2, 0.25) is 0 Å². The molecule has 9 nitrogen and oxygen atoms in total. The number of ether oxygens (including phenoxy) is 1. The van der Waals surface area contributed by atoms with Crippen molar-refractivity contribution in [2.45, 2.75) is 19.6 Å². The fourth-order valence-corrected chi connectivity index (χ4v) is 4.12. The average molecular weight is 456 g/mol. The predicted molar refractivity (Wildman–Crippen MR) is 117 cm³/mol. The number of non-ortho nitro benzene ring substituents is 1. The molecule has 10 heteroatoms. The first-order valence-corrected chi connectivity index (χ1v) is 11.2. The minimum absolute atomic E-state index is 0.0543. The van der Waals surface area contributed by atoms with E-state index in [9.17, 15) is 19.5 Å². The van der Waals surface area contributed by atoms with Crippen molar-refractivity contribution in [2.24, 2.45) is 0 Å². The molecule has 3 rings (SSSR count). The van der Waals surface area contributed by atoms with E-state index in [4.69, 9.17) is 13.8 Å². The third-order valence-electron chi connectivity index (χ3n) is 4.17. The first-order chi connectivity index (χ1) is 15.3. The SMILES string of the molecule is CC(NP(=O)(Oc1ccccc1)Oc1ccc([N+](=O)[O-])cc1)C(=O)OCc1ccccc1. The molecule has 3 aromatic carbocycles. The average Bonchev–Trinajstić information content (AvgIpc) is 2.79. The number of rotatable bonds is 10. The van der Waals surface area contributed by atoms with E-state index in [1.54, 1.807) is 30.3 Å². The molecule has 0 fully saturated rings. The molecule has 0 saturated carbocycles. The zero-order valence-corrected chi connectivity index (χ0v) is 18.0. The number of hydrogen-bond donors (Lipinski definition) is 1. The lowest BCUT2D eigenvalue weighted by molar-refractivity contribution is -0.384. The van der Waals surface area contributed by atoms with Crippen LogP contribution in [0.1, 0.15) is 12.5 Å². The topological polar surface area (TPSA) is 117 Å². The molecular weight excluding hydrogens is 435 g/mol. The summed E-state index contributed by atoms with van der Waals surface area (Å²) in [5.41, 5.74) is 0.654. The highest BCUT2D eigenvalue weighted by atomic mass is 31.2. The van der Waals surface area contributed by atoms with Gasteiger partial charge in [0.15, 0.2) is 0 Å². The summed E-state index contributed by atoms with van der Waals surface area (Å²) in [6.45, 7) is 1.52. The van der Waals surface area contributed by atoms with Gasteiger partial charge in [0, 0.05) is 12.1 Å². The Kier molecular flexibility index (Phi) is 7.59. The highest BCUT2D eigenvalue weighted by Gasteiger charge is 2.34. The second-order valence-corrected chi connectivity index (χ2v) is 8.31. The van der Waals surface area contributed by atoms with Crippen molar-refractivity contribution in [1.82, 2.24) is 5.09 Å². The van der Waals surface area contributed by atoms with Gasteiger partial charge in [0.25, 0.3) is 5.69 Å². The Labute approximate surface area is 184 Å². The van der Waals surface area contributed by atoms with Crippen LogP contribution in [-0.2, 0) is 20.7 Å². The van der Waals surface area contributed by atoms with Crippen molar-refractivity contribution >= 4 is 19.4 Å².